The van der Waals surface area contributed by atoms with Gasteiger partial charge in [0.1, 0.15) is 0 Å². The Bertz CT molecular complexity index is 3680. The molecule has 3 aromatic carbocycles. The molecule has 12 rings (SSSR count). The second kappa shape index (κ2) is 14.0. The number of fused-ring (bicyclic) bond motifs is 11. The molecule has 0 spiro atoms. The fourth-order valence-corrected chi connectivity index (χ4v) is 8.84. The lowest BCUT2D eigenvalue weighted by Crippen LogP contribution is -1.91. The van der Waals surface area contributed by atoms with Crippen molar-refractivity contribution in [1.29, 1.82) is 0 Å². The Morgan fingerprint density at radius 1 is 0.393 bits per heavy atom. The van der Waals surface area contributed by atoms with Gasteiger partial charge in [0.15, 0.2) is 0 Å². The molecule has 8 bridgehead atoms. The number of halogens is 1. The highest BCUT2D eigenvalue weighted by molar-refractivity contribution is 6.35. The Kier molecular flexibility index (Phi) is 8.04. The maximum Gasteiger partial charge on any atom is 0.0738 e. The molecule has 0 saturated carbocycles. The van der Waals surface area contributed by atoms with Crippen molar-refractivity contribution in [2.24, 2.45) is 0 Å². The summed E-state index contributed by atoms with van der Waals surface area (Å²) in [7, 11) is 0. The van der Waals surface area contributed by atoms with Crippen LogP contribution in [0.5, 0.6) is 0 Å². The molecule has 0 amide bonds. The van der Waals surface area contributed by atoms with Crippen molar-refractivity contribution in [2.75, 3.05) is 0 Å². The van der Waals surface area contributed by atoms with E-state index in [9.17, 15) is 0 Å². The van der Waals surface area contributed by atoms with E-state index >= 15 is 0 Å². The summed E-state index contributed by atoms with van der Waals surface area (Å²) in [4.78, 5) is 37.6. The highest BCUT2D eigenvalue weighted by Gasteiger charge is 2.21. The largest absolute Gasteiger partial charge is 0.354 e. The van der Waals surface area contributed by atoms with E-state index < -0.39 is 0 Å². The van der Waals surface area contributed by atoms with Gasteiger partial charge >= 0.3 is 0 Å². The summed E-state index contributed by atoms with van der Waals surface area (Å²) in [6.07, 6.45) is 17.6. The van der Waals surface area contributed by atoms with Gasteiger partial charge in [-0.2, -0.15) is 0 Å². The minimum absolute atomic E-state index is 0.534. The Morgan fingerprint density at radius 2 is 0.852 bits per heavy atom. The zero-order chi connectivity index (χ0) is 40.4. The number of nitrogens with one attached hydrogen (secondary N) is 2. The Hall–Kier alpha value is -8.07. The quantitative estimate of drug-likeness (QED) is 0.183. The summed E-state index contributed by atoms with van der Waals surface area (Å²) in [5, 5.41) is 3.61. The van der Waals surface area contributed by atoms with Gasteiger partial charge in [-0.05, 0) is 85.0 Å². The van der Waals surface area contributed by atoms with Crippen LogP contribution in [0.3, 0.4) is 0 Å². The summed E-state index contributed by atoms with van der Waals surface area (Å²) < 4.78 is 0. The van der Waals surface area contributed by atoms with Crippen molar-refractivity contribution in [3.8, 4) is 44.5 Å². The van der Waals surface area contributed by atoms with E-state index in [1.165, 1.54) is 0 Å². The summed E-state index contributed by atoms with van der Waals surface area (Å²) in [5.41, 5.74) is 16.1. The number of hydrogen-bond acceptors (Lipinski definition) is 6. The number of benzene rings is 3. The molecule has 0 radical (unpaired) electrons. The van der Waals surface area contributed by atoms with Gasteiger partial charge in [-0.15, -0.1) is 0 Å². The zero-order valence-corrected chi connectivity index (χ0v) is 33.1. The standard InChI is InChI=1S/C52H31ClN8/c53-37-25-47-50(36-24-32-10-3-6-14-40(32)57-29-36)45-18-17-43(59-45)48(34-22-30-8-1-4-12-38(30)55-27-34)41-15-16-42(58-41)49(35-23-31-9-2-5-13-39(31)56-28-35)44-19-20-46(60-44)51(52(37)61-47)33-11-7-21-54-26-33/h1-29,58,61H. The molecule has 10 aromatic rings. The number of para-hydroxylation sites is 3. The number of rotatable bonds is 4. The van der Waals surface area contributed by atoms with Crippen LogP contribution < -0.4 is 0 Å². The maximum atomic E-state index is 7.35. The summed E-state index contributed by atoms with van der Waals surface area (Å²) in [6.45, 7) is 0. The second-order valence-corrected chi connectivity index (χ2v) is 15.5. The summed E-state index contributed by atoms with van der Waals surface area (Å²) in [6, 6.07) is 41.1. The first-order chi connectivity index (χ1) is 30.1. The minimum atomic E-state index is 0.534. The Morgan fingerprint density at radius 3 is 1.33 bits per heavy atom. The lowest BCUT2D eigenvalue weighted by Gasteiger charge is -2.08. The van der Waals surface area contributed by atoms with Crippen LogP contribution in [0.4, 0.5) is 0 Å². The van der Waals surface area contributed by atoms with Crippen LogP contribution in [-0.4, -0.2) is 39.9 Å². The highest BCUT2D eigenvalue weighted by atomic mass is 35.5. The average Bonchev–Trinajstić information content (AvgIpc) is 4.15. The minimum Gasteiger partial charge on any atom is -0.354 e. The van der Waals surface area contributed by atoms with Crippen LogP contribution in [0.15, 0.2) is 152 Å². The number of hydrogen-bond donors (Lipinski definition) is 2. The molecular formula is C52H31ClN8. The van der Waals surface area contributed by atoms with Crippen molar-refractivity contribution in [1.82, 2.24) is 39.9 Å². The molecule has 2 aliphatic heterocycles. The third kappa shape index (κ3) is 6.00. The van der Waals surface area contributed by atoms with Crippen LogP contribution in [0.25, 0.3) is 124 Å². The number of nitrogens with zero attached hydrogens (tertiary/aromatic N) is 6. The zero-order valence-electron chi connectivity index (χ0n) is 32.3. The van der Waals surface area contributed by atoms with E-state index in [2.05, 4.69) is 81.7 Å². The van der Waals surface area contributed by atoms with E-state index in [0.29, 0.717) is 10.5 Å². The number of aromatic nitrogens is 8. The van der Waals surface area contributed by atoms with Crippen LogP contribution >= 0.6 is 11.6 Å². The number of aromatic amines is 2. The second-order valence-electron chi connectivity index (χ2n) is 15.1. The van der Waals surface area contributed by atoms with Crippen molar-refractivity contribution < 1.29 is 0 Å². The smallest absolute Gasteiger partial charge is 0.0738 e. The predicted molar refractivity (Wildman–Crippen MR) is 249 cm³/mol. The molecular weight excluding hydrogens is 772 g/mol. The van der Waals surface area contributed by atoms with E-state index in [1.54, 1.807) is 6.20 Å². The number of pyridine rings is 4. The first-order valence-electron chi connectivity index (χ1n) is 19.9. The molecule has 0 atom stereocenters. The van der Waals surface area contributed by atoms with E-state index in [0.717, 1.165) is 117 Å². The molecule has 2 N–H and O–H groups in total. The lowest BCUT2D eigenvalue weighted by molar-refractivity contribution is 1.29. The molecule has 2 aliphatic rings. The average molecular weight is 803 g/mol. The van der Waals surface area contributed by atoms with Crippen molar-refractivity contribution >= 4 is 90.7 Å². The predicted octanol–water partition coefficient (Wildman–Crippen LogP) is 13.0. The molecule has 0 unspecified atom stereocenters. The van der Waals surface area contributed by atoms with Gasteiger partial charge in [0.25, 0.3) is 0 Å². The van der Waals surface area contributed by atoms with Gasteiger partial charge in [-0.25, -0.2) is 9.97 Å². The van der Waals surface area contributed by atoms with E-state index in [-0.39, 0.29) is 0 Å². The van der Waals surface area contributed by atoms with Crippen LogP contribution in [0.2, 0.25) is 5.02 Å². The molecule has 0 fully saturated rings. The van der Waals surface area contributed by atoms with Crippen molar-refractivity contribution in [2.45, 2.75) is 0 Å². The van der Waals surface area contributed by atoms with Gasteiger partial charge in [0.05, 0.1) is 55.4 Å². The lowest BCUT2D eigenvalue weighted by atomic mass is 10.0. The molecule has 0 saturated heterocycles. The molecule has 61 heavy (non-hydrogen) atoms. The third-order valence-electron chi connectivity index (χ3n) is 11.4. The van der Waals surface area contributed by atoms with Crippen molar-refractivity contribution in [3.63, 3.8) is 0 Å². The SMILES string of the molecule is Clc1cc2[nH]c1c(-c1cccnc1)c1nc(c(-c3cnc4ccccc4c3)c3ccc([nH]3)c(-c3cnc4ccccc4c3)c3nc(c2-c2cnc4ccccc4c2)C=C3)C=C1. The molecule has 9 heteroatoms. The van der Waals surface area contributed by atoms with Gasteiger partial charge in [0.2, 0.25) is 0 Å². The molecule has 286 valence electrons. The van der Waals surface area contributed by atoms with Gasteiger partial charge in [-0.1, -0.05) is 72.3 Å². The topological polar surface area (TPSA) is 109 Å². The Balaban J connectivity index is 1.26. The Labute approximate surface area is 353 Å². The van der Waals surface area contributed by atoms with E-state index in [1.807, 2.05) is 104 Å². The molecule has 0 aliphatic carbocycles. The van der Waals surface area contributed by atoms with Crippen LogP contribution in [-0.2, 0) is 0 Å². The fraction of sp³-hybridized carbons (Fsp3) is 0. The number of H-pyrrole nitrogens is 2. The summed E-state index contributed by atoms with van der Waals surface area (Å²) in [5.74, 6) is 0. The monoisotopic (exact) mass is 802 g/mol. The fourth-order valence-electron chi connectivity index (χ4n) is 8.59. The van der Waals surface area contributed by atoms with Gasteiger partial charge in [0, 0.05) is 103 Å². The highest BCUT2D eigenvalue weighted by Crippen LogP contribution is 2.41. The molecule has 7 aromatic heterocycles. The van der Waals surface area contributed by atoms with Gasteiger partial charge in [-0.3, -0.25) is 19.9 Å². The molecule has 8 nitrogen and oxygen atoms in total. The maximum absolute atomic E-state index is 7.35. The van der Waals surface area contributed by atoms with Crippen molar-refractivity contribution in [3.05, 3.63) is 180 Å². The first-order valence-corrected chi connectivity index (χ1v) is 20.3. The first kappa shape index (κ1) is 34.9. The third-order valence-corrected chi connectivity index (χ3v) is 11.7. The summed E-state index contributed by atoms with van der Waals surface area (Å²) >= 11 is 7.35. The normalized spacial score (nSPS) is 12.2. The van der Waals surface area contributed by atoms with Crippen LogP contribution in [0, 0.1) is 0 Å². The van der Waals surface area contributed by atoms with Crippen LogP contribution in [0.1, 0.15) is 22.8 Å². The van der Waals surface area contributed by atoms with Gasteiger partial charge < -0.3 is 9.97 Å². The molecule has 9 heterocycles. The van der Waals surface area contributed by atoms with E-state index in [4.69, 9.17) is 36.5 Å².